The van der Waals surface area contributed by atoms with E-state index in [-0.39, 0.29) is 23.5 Å². The summed E-state index contributed by atoms with van der Waals surface area (Å²) in [5.74, 6) is 0.0222. The van der Waals surface area contributed by atoms with E-state index >= 15 is 0 Å². The van der Waals surface area contributed by atoms with Gasteiger partial charge in [-0.3, -0.25) is 9.67 Å². The molecule has 0 aromatic carbocycles. The van der Waals surface area contributed by atoms with Crippen LogP contribution in [0.15, 0.2) is 17.4 Å². The zero-order valence-electron chi connectivity index (χ0n) is 19.8. The average Bonchev–Trinajstić information content (AvgIpc) is 3.10. The van der Waals surface area contributed by atoms with Crippen LogP contribution in [0, 0.1) is 18.7 Å². The van der Waals surface area contributed by atoms with Crippen LogP contribution >= 0.6 is 0 Å². The molecule has 2 aromatic rings. The number of nitrogens with zero attached hydrogens (tertiary/aromatic N) is 5. The molecule has 1 aliphatic rings. The van der Waals surface area contributed by atoms with Gasteiger partial charge in [-0.15, -0.1) is 0 Å². The highest BCUT2D eigenvalue weighted by atomic mass is 19.1. The van der Waals surface area contributed by atoms with Crippen LogP contribution in [0.1, 0.15) is 59.1 Å². The lowest BCUT2D eigenvalue weighted by molar-refractivity contribution is -0.0231. The first kappa shape index (κ1) is 24.1. The summed E-state index contributed by atoms with van der Waals surface area (Å²) in [6, 6.07) is 0. The molecule has 2 heterocycles. The van der Waals surface area contributed by atoms with Gasteiger partial charge in [-0.2, -0.15) is 14.5 Å². The standard InChI is InChI=1S/C23H35FN6O2/c1-15(2)32-18-9-7-17(8-10-18)13-31-21-19(24)11-26-22(28-21)27-20-12-30(29-16(20)3)23(4,5)14-25-6/h11-12,15,17-18H,6-10,13-14H2,1-5H3,(H,26,27,28). The highest BCUT2D eigenvalue weighted by molar-refractivity contribution is 5.55. The summed E-state index contributed by atoms with van der Waals surface area (Å²) in [5, 5.41) is 7.68. The molecule has 0 amide bonds. The van der Waals surface area contributed by atoms with Gasteiger partial charge in [-0.1, -0.05) is 0 Å². The van der Waals surface area contributed by atoms with Crippen molar-refractivity contribution in [2.45, 2.75) is 78.0 Å². The molecule has 3 rings (SSSR count). The number of rotatable bonds is 10. The van der Waals surface area contributed by atoms with E-state index in [4.69, 9.17) is 9.47 Å². The number of hydrogen-bond acceptors (Lipinski definition) is 7. The fourth-order valence-electron chi connectivity index (χ4n) is 3.89. The molecule has 0 atom stereocenters. The van der Waals surface area contributed by atoms with Crippen LogP contribution in [0.4, 0.5) is 16.0 Å². The minimum Gasteiger partial charge on any atom is -0.475 e. The Bertz CT molecular complexity index is 906. The van der Waals surface area contributed by atoms with E-state index in [1.165, 1.54) is 0 Å². The van der Waals surface area contributed by atoms with Crippen molar-refractivity contribution in [3.63, 3.8) is 0 Å². The fourth-order valence-corrected chi connectivity index (χ4v) is 3.89. The van der Waals surface area contributed by atoms with Crippen LogP contribution in [0.5, 0.6) is 5.88 Å². The highest BCUT2D eigenvalue weighted by Crippen LogP contribution is 2.28. The Balaban J connectivity index is 1.61. The van der Waals surface area contributed by atoms with Crippen molar-refractivity contribution in [3.05, 3.63) is 23.9 Å². The molecule has 0 radical (unpaired) electrons. The van der Waals surface area contributed by atoms with Gasteiger partial charge in [0.2, 0.25) is 11.8 Å². The molecule has 32 heavy (non-hydrogen) atoms. The van der Waals surface area contributed by atoms with Gasteiger partial charge in [-0.05, 0) is 72.9 Å². The number of ether oxygens (including phenoxy) is 2. The second-order valence-electron chi connectivity index (χ2n) is 9.38. The van der Waals surface area contributed by atoms with Crippen molar-refractivity contribution >= 4 is 18.4 Å². The monoisotopic (exact) mass is 446 g/mol. The van der Waals surface area contributed by atoms with Gasteiger partial charge in [0.15, 0.2) is 0 Å². The number of aromatic nitrogens is 4. The van der Waals surface area contributed by atoms with E-state index in [1.807, 2.05) is 31.6 Å². The Kier molecular flexibility index (Phi) is 7.82. The molecule has 0 saturated heterocycles. The van der Waals surface area contributed by atoms with Gasteiger partial charge in [0.05, 0.1) is 48.5 Å². The van der Waals surface area contributed by atoms with Crippen LogP contribution in [0.25, 0.3) is 0 Å². The van der Waals surface area contributed by atoms with E-state index in [9.17, 15) is 4.39 Å². The third kappa shape index (κ3) is 6.25. The van der Waals surface area contributed by atoms with E-state index in [2.05, 4.69) is 45.9 Å². The third-order valence-electron chi connectivity index (χ3n) is 5.69. The Morgan fingerprint density at radius 2 is 2.03 bits per heavy atom. The Labute approximate surface area is 189 Å². The average molecular weight is 447 g/mol. The number of hydrogen-bond donors (Lipinski definition) is 1. The van der Waals surface area contributed by atoms with Crippen LogP contribution in [-0.4, -0.2) is 51.8 Å². The molecule has 8 nitrogen and oxygen atoms in total. The molecule has 1 saturated carbocycles. The summed E-state index contributed by atoms with van der Waals surface area (Å²) in [7, 11) is 0. The molecule has 2 aromatic heterocycles. The van der Waals surface area contributed by atoms with Crippen molar-refractivity contribution in [1.29, 1.82) is 0 Å². The molecular formula is C23H35FN6O2. The number of nitrogens with one attached hydrogen (secondary N) is 1. The Morgan fingerprint density at radius 1 is 1.31 bits per heavy atom. The molecule has 0 bridgehead atoms. The van der Waals surface area contributed by atoms with Crippen LogP contribution in [0.3, 0.4) is 0 Å². The summed E-state index contributed by atoms with van der Waals surface area (Å²) in [6.07, 6.45) is 7.57. The topological polar surface area (TPSA) is 86.5 Å². The van der Waals surface area contributed by atoms with E-state index in [0.29, 0.717) is 25.2 Å². The molecule has 1 fully saturated rings. The first-order chi connectivity index (χ1) is 15.2. The molecular weight excluding hydrogens is 411 g/mol. The Morgan fingerprint density at radius 3 is 2.69 bits per heavy atom. The first-order valence-corrected chi connectivity index (χ1v) is 11.2. The molecule has 176 valence electrons. The van der Waals surface area contributed by atoms with Crippen molar-refractivity contribution in [2.75, 3.05) is 18.5 Å². The first-order valence-electron chi connectivity index (χ1n) is 11.2. The van der Waals surface area contributed by atoms with Gasteiger partial charge in [-0.25, -0.2) is 4.98 Å². The minimum atomic E-state index is -0.571. The summed E-state index contributed by atoms with van der Waals surface area (Å²) in [6.45, 7) is 14.6. The van der Waals surface area contributed by atoms with Gasteiger partial charge < -0.3 is 14.8 Å². The number of anilines is 2. The van der Waals surface area contributed by atoms with E-state index < -0.39 is 5.82 Å². The van der Waals surface area contributed by atoms with Crippen molar-refractivity contribution < 1.29 is 13.9 Å². The van der Waals surface area contributed by atoms with E-state index in [0.717, 1.165) is 43.3 Å². The zero-order chi connectivity index (χ0) is 23.3. The summed E-state index contributed by atoms with van der Waals surface area (Å²) in [4.78, 5) is 12.3. The summed E-state index contributed by atoms with van der Waals surface area (Å²) >= 11 is 0. The molecule has 9 heteroatoms. The summed E-state index contributed by atoms with van der Waals surface area (Å²) < 4.78 is 27.7. The summed E-state index contributed by atoms with van der Waals surface area (Å²) in [5.41, 5.74) is 1.20. The molecule has 0 spiro atoms. The van der Waals surface area contributed by atoms with Gasteiger partial charge in [0.25, 0.3) is 5.88 Å². The van der Waals surface area contributed by atoms with Gasteiger partial charge in [0, 0.05) is 6.20 Å². The van der Waals surface area contributed by atoms with E-state index in [1.54, 1.807) is 0 Å². The maximum Gasteiger partial charge on any atom is 0.255 e. The predicted molar refractivity (Wildman–Crippen MR) is 123 cm³/mol. The Hall–Kier alpha value is -2.55. The number of halogens is 1. The lowest BCUT2D eigenvalue weighted by atomic mass is 9.88. The van der Waals surface area contributed by atoms with Crippen molar-refractivity contribution in [1.82, 2.24) is 19.7 Å². The van der Waals surface area contributed by atoms with Gasteiger partial charge >= 0.3 is 0 Å². The smallest absolute Gasteiger partial charge is 0.255 e. The lowest BCUT2D eigenvalue weighted by Gasteiger charge is -2.29. The SMILES string of the molecule is C=NCC(C)(C)n1cc(Nc2ncc(F)c(OCC3CCC(OC(C)C)CC3)n2)c(C)n1. The lowest BCUT2D eigenvalue weighted by Crippen LogP contribution is -2.30. The molecule has 0 aliphatic heterocycles. The zero-order valence-corrected chi connectivity index (χ0v) is 19.8. The second-order valence-corrected chi connectivity index (χ2v) is 9.38. The highest BCUT2D eigenvalue weighted by Gasteiger charge is 2.24. The van der Waals surface area contributed by atoms with Crippen LogP contribution in [0.2, 0.25) is 0 Å². The van der Waals surface area contributed by atoms with Crippen molar-refractivity contribution in [2.24, 2.45) is 10.9 Å². The molecule has 1 N–H and O–H groups in total. The maximum atomic E-state index is 14.3. The maximum absolute atomic E-state index is 14.3. The minimum absolute atomic E-state index is 0.0377. The van der Waals surface area contributed by atoms with Crippen molar-refractivity contribution in [3.8, 4) is 5.88 Å². The second kappa shape index (κ2) is 10.4. The predicted octanol–water partition coefficient (Wildman–Crippen LogP) is 4.66. The third-order valence-corrected chi connectivity index (χ3v) is 5.69. The largest absolute Gasteiger partial charge is 0.475 e. The number of aryl methyl sites for hydroxylation is 1. The quantitative estimate of drug-likeness (QED) is 0.534. The van der Waals surface area contributed by atoms with Gasteiger partial charge in [0.1, 0.15) is 0 Å². The normalized spacial score (nSPS) is 19.2. The van der Waals surface area contributed by atoms with Crippen LogP contribution < -0.4 is 10.1 Å². The number of aliphatic imine (C=N–C) groups is 1. The molecule has 0 unspecified atom stereocenters. The van der Waals surface area contributed by atoms with Crippen LogP contribution in [-0.2, 0) is 10.3 Å². The molecule has 1 aliphatic carbocycles. The fraction of sp³-hybridized carbons (Fsp3) is 0.652.